The van der Waals surface area contributed by atoms with E-state index in [1.807, 2.05) is 12.1 Å². The largest absolute Gasteiger partial charge is 0.486 e. The van der Waals surface area contributed by atoms with Gasteiger partial charge in [-0.3, -0.25) is 0 Å². The van der Waals surface area contributed by atoms with Gasteiger partial charge >= 0.3 is 5.97 Å². The maximum Gasteiger partial charge on any atom is 0.331 e. The summed E-state index contributed by atoms with van der Waals surface area (Å²) >= 11 is 15.6. The second-order valence-electron chi connectivity index (χ2n) is 4.98. The lowest BCUT2D eigenvalue weighted by molar-refractivity contribution is -0.136. The Morgan fingerprint density at radius 1 is 1.20 bits per heavy atom. The molecule has 2 rings (SSSR count). The Balaban J connectivity index is 2.06. The van der Waals surface area contributed by atoms with Gasteiger partial charge in [-0.1, -0.05) is 48.0 Å². The molecule has 0 fully saturated rings. The number of benzene rings is 2. The molecule has 25 heavy (non-hydrogen) atoms. The number of carbonyl (C=O) groups excluding carboxylic acids is 1. The summed E-state index contributed by atoms with van der Waals surface area (Å²) in [6.07, 6.45) is 4.45. The fraction of sp³-hybridized carbons (Fsp3) is 0.105. The van der Waals surface area contributed by atoms with Crippen molar-refractivity contribution in [3.63, 3.8) is 0 Å². The summed E-state index contributed by atoms with van der Waals surface area (Å²) in [5.74, 6) is 0.0817. The van der Waals surface area contributed by atoms with Gasteiger partial charge in [-0.25, -0.2) is 4.79 Å². The monoisotopic (exact) mass is 440 g/mol. The van der Waals surface area contributed by atoms with Gasteiger partial charge in [0.15, 0.2) is 5.75 Å². The molecule has 0 unspecified atom stereocenters. The van der Waals surface area contributed by atoms with Crippen molar-refractivity contribution in [1.29, 1.82) is 0 Å². The van der Waals surface area contributed by atoms with Crippen LogP contribution in [0.4, 0.5) is 0 Å². The Morgan fingerprint density at radius 3 is 2.56 bits per heavy atom. The normalized spacial score (nSPS) is 10.7. The van der Waals surface area contributed by atoms with E-state index in [0.717, 1.165) is 11.1 Å². The molecule has 0 saturated carbocycles. The van der Waals surface area contributed by atoms with Gasteiger partial charge < -0.3 is 9.47 Å². The van der Waals surface area contributed by atoms with Crippen molar-refractivity contribution in [2.75, 3.05) is 6.61 Å². The lowest BCUT2D eigenvalue weighted by Gasteiger charge is -2.11. The van der Waals surface area contributed by atoms with Gasteiger partial charge in [-0.05, 0) is 57.4 Å². The number of esters is 1. The number of carbonyl (C=O) groups is 1. The van der Waals surface area contributed by atoms with E-state index in [2.05, 4.69) is 22.5 Å². The summed E-state index contributed by atoms with van der Waals surface area (Å²) in [6.45, 7) is 4.01. The Hall–Kier alpha value is -1.75. The first-order chi connectivity index (χ1) is 12.0. The standard InChI is InChI=1S/C19H15BrCl2O3/c1-2-9-24-18(23)8-5-14-10-16(20)19(17(22)11-14)25-12-13-3-6-15(21)7-4-13/h2-8,10-11H,1,9,12H2/b8-5+. The highest BCUT2D eigenvalue weighted by Gasteiger charge is 2.09. The highest BCUT2D eigenvalue weighted by Crippen LogP contribution is 2.35. The quantitative estimate of drug-likeness (QED) is 0.297. The van der Waals surface area contributed by atoms with E-state index < -0.39 is 5.97 Å². The molecular weight excluding hydrogens is 427 g/mol. The van der Waals surface area contributed by atoms with E-state index in [4.69, 9.17) is 32.7 Å². The highest BCUT2D eigenvalue weighted by atomic mass is 79.9. The van der Waals surface area contributed by atoms with E-state index in [1.54, 1.807) is 30.3 Å². The average molecular weight is 442 g/mol. The topological polar surface area (TPSA) is 35.5 Å². The maximum atomic E-state index is 11.5. The molecule has 0 aromatic heterocycles. The van der Waals surface area contributed by atoms with Crippen LogP contribution < -0.4 is 4.74 Å². The Labute approximate surface area is 165 Å². The zero-order valence-electron chi connectivity index (χ0n) is 13.2. The van der Waals surface area contributed by atoms with Crippen molar-refractivity contribution in [2.45, 2.75) is 6.61 Å². The van der Waals surface area contributed by atoms with E-state index in [-0.39, 0.29) is 6.61 Å². The van der Waals surface area contributed by atoms with Crippen LogP contribution in [0.15, 0.2) is 59.6 Å². The fourth-order valence-corrected chi connectivity index (χ4v) is 3.02. The molecule has 0 aliphatic carbocycles. The first-order valence-electron chi connectivity index (χ1n) is 7.31. The molecule has 0 heterocycles. The van der Waals surface area contributed by atoms with Gasteiger partial charge in [-0.2, -0.15) is 0 Å². The molecule has 0 radical (unpaired) electrons. The minimum atomic E-state index is -0.449. The third kappa shape index (κ3) is 6.24. The molecule has 0 spiro atoms. The predicted octanol–water partition coefficient (Wildman–Crippen LogP) is 6.08. The summed E-state index contributed by atoms with van der Waals surface area (Å²) in [5, 5.41) is 1.10. The molecule has 6 heteroatoms. The molecule has 3 nitrogen and oxygen atoms in total. The lowest BCUT2D eigenvalue weighted by Crippen LogP contribution is -1.99. The Bertz CT molecular complexity index is 763. The van der Waals surface area contributed by atoms with Gasteiger partial charge in [0.05, 0.1) is 9.50 Å². The van der Waals surface area contributed by atoms with E-state index in [1.165, 1.54) is 12.2 Å². The summed E-state index contributed by atoms with van der Waals surface area (Å²) < 4.78 is 11.3. The van der Waals surface area contributed by atoms with Crippen LogP contribution in [0.1, 0.15) is 11.1 Å². The van der Waals surface area contributed by atoms with Crippen molar-refractivity contribution < 1.29 is 14.3 Å². The number of rotatable bonds is 7. The minimum absolute atomic E-state index is 0.172. The van der Waals surface area contributed by atoms with Crippen LogP contribution in [-0.2, 0) is 16.1 Å². The lowest BCUT2D eigenvalue weighted by atomic mass is 10.2. The van der Waals surface area contributed by atoms with Crippen LogP contribution >= 0.6 is 39.1 Å². The Kier molecular flexibility index (Phi) is 7.56. The third-order valence-corrected chi connectivity index (χ3v) is 4.19. The predicted molar refractivity (Wildman–Crippen MR) is 105 cm³/mol. The maximum absolute atomic E-state index is 11.5. The van der Waals surface area contributed by atoms with E-state index >= 15 is 0 Å². The van der Waals surface area contributed by atoms with Crippen LogP contribution in [0.5, 0.6) is 5.75 Å². The van der Waals surface area contributed by atoms with Crippen LogP contribution in [-0.4, -0.2) is 12.6 Å². The smallest absolute Gasteiger partial charge is 0.331 e. The van der Waals surface area contributed by atoms with Crippen molar-refractivity contribution >= 4 is 51.2 Å². The molecule has 0 atom stereocenters. The molecule has 0 aliphatic rings. The molecule has 0 amide bonds. The van der Waals surface area contributed by atoms with Crippen LogP contribution in [0.2, 0.25) is 10.0 Å². The number of ether oxygens (including phenoxy) is 2. The second-order valence-corrected chi connectivity index (χ2v) is 6.68. The van der Waals surface area contributed by atoms with Gasteiger partial charge in [-0.15, -0.1) is 0 Å². The summed E-state index contributed by atoms with van der Waals surface area (Å²) in [6, 6.07) is 10.9. The van der Waals surface area contributed by atoms with Gasteiger partial charge in [0.2, 0.25) is 0 Å². The molecule has 0 N–H and O–H groups in total. The minimum Gasteiger partial charge on any atom is -0.486 e. The second kappa shape index (κ2) is 9.66. The molecule has 0 aliphatic heterocycles. The van der Waals surface area contributed by atoms with Crippen molar-refractivity contribution in [1.82, 2.24) is 0 Å². The van der Waals surface area contributed by atoms with Gasteiger partial charge in [0.1, 0.15) is 13.2 Å². The molecule has 0 bridgehead atoms. The first-order valence-corrected chi connectivity index (χ1v) is 8.86. The molecule has 0 saturated heterocycles. The molecule has 2 aromatic rings. The van der Waals surface area contributed by atoms with E-state index in [0.29, 0.717) is 26.9 Å². The summed E-state index contributed by atoms with van der Waals surface area (Å²) in [4.78, 5) is 11.5. The van der Waals surface area contributed by atoms with Gasteiger partial charge in [0.25, 0.3) is 0 Å². The first kappa shape index (κ1) is 19.6. The number of hydrogen-bond donors (Lipinski definition) is 0. The van der Waals surface area contributed by atoms with Crippen LogP contribution in [0, 0.1) is 0 Å². The SMILES string of the molecule is C=CCOC(=O)/C=C/c1cc(Cl)c(OCc2ccc(Cl)cc2)c(Br)c1. The number of hydrogen-bond acceptors (Lipinski definition) is 3. The highest BCUT2D eigenvalue weighted by molar-refractivity contribution is 9.10. The summed E-state index contributed by atoms with van der Waals surface area (Å²) in [5.41, 5.74) is 1.72. The third-order valence-electron chi connectivity index (χ3n) is 3.07. The Morgan fingerprint density at radius 2 is 1.92 bits per heavy atom. The van der Waals surface area contributed by atoms with Crippen molar-refractivity contribution in [3.8, 4) is 5.75 Å². The zero-order chi connectivity index (χ0) is 18.2. The molecular formula is C19H15BrCl2O3. The van der Waals surface area contributed by atoms with Crippen molar-refractivity contribution in [3.05, 3.63) is 80.8 Å². The zero-order valence-corrected chi connectivity index (χ0v) is 16.3. The molecule has 130 valence electrons. The van der Waals surface area contributed by atoms with Crippen LogP contribution in [0.25, 0.3) is 6.08 Å². The molecule has 2 aromatic carbocycles. The van der Waals surface area contributed by atoms with Crippen molar-refractivity contribution in [2.24, 2.45) is 0 Å². The van der Waals surface area contributed by atoms with E-state index in [9.17, 15) is 4.79 Å². The van der Waals surface area contributed by atoms with Crippen LogP contribution in [0.3, 0.4) is 0 Å². The number of halogens is 3. The average Bonchev–Trinajstić information content (AvgIpc) is 2.59. The van der Waals surface area contributed by atoms with Gasteiger partial charge in [0, 0.05) is 11.1 Å². The summed E-state index contributed by atoms with van der Waals surface area (Å²) in [7, 11) is 0. The fourth-order valence-electron chi connectivity index (χ4n) is 1.90.